The Morgan fingerprint density at radius 2 is 2.25 bits per heavy atom. The zero-order valence-electron chi connectivity index (χ0n) is 14.3. The van der Waals surface area contributed by atoms with Gasteiger partial charge in [0.15, 0.2) is 0 Å². The number of hydrogen-bond donors (Lipinski definition) is 0. The molecule has 5 heteroatoms. The van der Waals surface area contributed by atoms with Crippen molar-refractivity contribution >= 4 is 5.91 Å². The van der Waals surface area contributed by atoms with Gasteiger partial charge in [0.25, 0.3) is 0 Å². The standard InChI is InChI=1S/C19H24N2O3/c1-14-5-3-7-17(9-14)23-13-16-6-4-8-21(12-16)19(22)11-18-10-15(2)20-24-18/h3,5,7,9-10,16H,4,6,8,11-13H2,1-2H3/t16-/m1/s1. The van der Waals surface area contributed by atoms with Crippen LogP contribution in [-0.2, 0) is 11.2 Å². The molecule has 0 bridgehead atoms. The number of aromatic nitrogens is 1. The Balaban J connectivity index is 1.51. The quantitative estimate of drug-likeness (QED) is 0.846. The summed E-state index contributed by atoms with van der Waals surface area (Å²) in [5, 5.41) is 3.83. The van der Waals surface area contributed by atoms with Crippen molar-refractivity contribution in [2.45, 2.75) is 33.1 Å². The highest BCUT2D eigenvalue weighted by molar-refractivity contribution is 5.78. The number of hydrogen-bond acceptors (Lipinski definition) is 4. The first-order valence-corrected chi connectivity index (χ1v) is 8.49. The Labute approximate surface area is 142 Å². The molecule has 0 spiro atoms. The monoisotopic (exact) mass is 328 g/mol. The number of aryl methyl sites for hydroxylation is 2. The zero-order valence-corrected chi connectivity index (χ0v) is 14.3. The Kier molecular flexibility index (Phi) is 5.18. The van der Waals surface area contributed by atoms with Crippen LogP contribution in [0.2, 0.25) is 0 Å². The van der Waals surface area contributed by atoms with E-state index in [2.05, 4.69) is 18.1 Å². The molecule has 1 aliphatic rings. The van der Waals surface area contributed by atoms with Gasteiger partial charge in [-0.05, 0) is 44.4 Å². The van der Waals surface area contributed by atoms with Gasteiger partial charge in [-0.15, -0.1) is 0 Å². The van der Waals surface area contributed by atoms with Gasteiger partial charge in [0.05, 0.1) is 18.7 Å². The van der Waals surface area contributed by atoms with Crippen molar-refractivity contribution in [2.75, 3.05) is 19.7 Å². The first-order chi connectivity index (χ1) is 11.6. The average Bonchev–Trinajstić information content (AvgIpc) is 2.98. The highest BCUT2D eigenvalue weighted by Gasteiger charge is 2.25. The van der Waals surface area contributed by atoms with Crippen LogP contribution >= 0.6 is 0 Å². The molecule has 0 N–H and O–H groups in total. The van der Waals surface area contributed by atoms with E-state index >= 15 is 0 Å². The highest BCUT2D eigenvalue weighted by Crippen LogP contribution is 2.20. The fraction of sp³-hybridized carbons (Fsp3) is 0.474. The number of nitrogens with zero attached hydrogens (tertiary/aromatic N) is 2. The lowest BCUT2D eigenvalue weighted by molar-refractivity contribution is -0.132. The van der Waals surface area contributed by atoms with Crippen molar-refractivity contribution in [2.24, 2.45) is 5.92 Å². The van der Waals surface area contributed by atoms with E-state index in [0.717, 1.165) is 37.4 Å². The van der Waals surface area contributed by atoms with Crippen molar-refractivity contribution in [3.63, 3.8) is 0 Å². The minimum Gasteiger partial charge on any atom is -0.493 e. The number of ether oxygens (including phenoxy) is 1. The molecule has 1 aromatic heterocycles. The summed E-state index contributed by atoms with van der Waals surface area (Å²) in [5.41, 5.74) is 2.00. The van der Waals surface area contributed by atoms with Crippen LogP contribution in [0.25, 0.3) is 0 Å². The summed E-state index contributed by atoms with van der Waals surface area (Å²) in [6, 6.07) is 9.89. The summed E-state index contributed by atoms with van der Waals surface area (Å²) in [6.07, 6.45) is 2.40. The lowest BCUT2D eigenvalue weighted by Gasteiger charge is -2.32. The van der Waals surface area contributed by atoms with Gasteiger partial charge in [0.2, 0.25) is 5.91 Å². The summed E-state index contributed by atoms with van der Waals surface area (Å²) in [6.45, 7) is 6.12. The zero-order chi connectivity index (χ0) is 16.9. The van der Waals surface area contributed by atoms with E-state index in [1.54, 1.807) is 0 Å². The number of carbonyl (C=O) groups is 1. The van der Waals surface area contributed by atoms with E-state index < -0.39 is 0 Å². The first kappa shape index (κ1) is 16.6. The maximum absolute atomic E-state index is 12.4. The van der Waals surface area contributed by atoms with Crippen molar-refractivity contribution in [1.82, 2.24) is 10.1 Å². The third-order valence-electron chi connectivity index (χ3n) is 4.35. The fourth-order valence-corrected chi connectivity index (χ4v) is 3.11. The van der Waals surface area contributed by atoms with Gasteiger partial charge in [-0.2, -0.15) is 0 Å². The molecule has 1 aromatic carbocycles. The Morgan fingerprint density at radius 3 is 3.00 bits per heavy atom. The van der Waals surface area contributed by atoms with Crippen LogP contribution in [0.3, 0.4) is 0 Å². The van der Waals surface area contributed by atoms with Crippen molar-refractivity contribution in [1.29, 1.82) is 0 Å². The number of carbonyl (C=O) groups excluding carboxylic acids is 1. The highest BCUT2D eigenvalue weighted by atomic mass is 16.5. The number of benzene rings is 1. The van der Waals surface area contributed by atoms with E-state index in [1.807, 2.05) is 36.1 Å². The summed E-state index contributed by atoms with van der Waals surface area (Å²) in [4.78, 5) is 14.4. The minimum absolute atomic E-state index is 0.103. The van der Waals surface area contributed by atoms with Crippen LogP contribution in [-0.4, -0.2) is 35.7 Å². The van der Waals surface area contributed by atoms with Crippen LogP contribution in [0.5, 0.6) is 5.75 Å². The molecule has 0 unspecified atom stereocenters. The van der Waals surface area contributed by atoms with E-state index in [1.165, 1.54) is 5.56 Å². The van der Waals surface area contributed by atoms with Crippen molar-refractivity contribution < 1.29 is 14.1 Å². The topological polar surface area (TPSA) is 55.6 Å². The summed E-state index contributed by atoms with van der Waals surface area (Å²) < 4.78 is 11.1. The maximum atomic E-state index is 12.4. The predicted molar refractivity (Wildman–Crippen MR) is 90.9 cm³/mol. The van der Waals surface area contributed by atoms with Gasteiger partial charge in [0.1, 0.15) is 11.5 Å². The molecule has 0 aliphatic carbocycles. The van der Waals surface area contributed by atoms with Crippen LogP contribution < -0.4 is 4.74 Å². The predicted octanol–water partition coefficient (Wildman–Crippen LogP) is 3.15. The van der Waals surface area contributed by atoms with Gasteiger partial charge in [-0.3, -0.25) is 4.79 Å². The maximum Gasteiger partial charge on any atom is 0.230 e. The Hall–Kier alpha value is -2.30. The molecular formula is C19H24N2O3. The molecule has 1 fully saturated rings. The number of likely N-dealkylation sites (tertiary alicyclic amines) is 1. The van der Waals surface area contributed by atoms with Gasteiger partial charge in [0, 0.05) is 25.1 Å². The first-order valence-electron chi connectivity index (χ1n) is 8.49. The molecule has 2 heterocycles. The molecule has 1 aliphatic heterocycles. The Bertz CT molecular complexity index is 695. The molecule has 2 aromatic rings. The van der Waals surface area contributed by atoms with Gasteiger partial charge < -0.3 is 14.2 Å². The van der Waals surface area contributed by atoms with Gasteiger partial charge in [-0.1, -0.05) is 17.3 Å². The lowest BCUT2D eigenvalue weighted by atomic mass is 9.98. The largest absolute Gasteiger partial charge is 0.493 e. The molecule has 5 nitrogen and oxygen atoms in total. The lowest BCUT2D eigenvalue weighted by Crippen LogP contribution is -2.42. The number of piperidine rings is 1. The second-order valence-electron chi connectivity index (χ2n) is 6.59. The molecule has 0 radical (unpaired) electrons. The molecule has 128 valence electrons. The van der Waals surface area contributed by atoms with Gasteiger partial charge in [-0.25, -0.2) is 0 Å². The second-order valence-corrected chi connectivity index (χ2v) is 6.59. The van der Waals surface area contributed by atoms with Crippen LogP contribution in [0.1, 0.15) is 29.9 Å². The third-order valence-corrected chi connectivity index (χ3v) is 4.35. The van der Waals surface area contributed by atoms with E-state index in [0.29, 0.717) is 18.3 Å². The van der Waals surface area contributed by atoms with E-state index in [-0.39, 0.29) is 12.3 Å². The van der Waals surface area contributed by atoms with Crippen molar-refractivity contribution in [3.05, 3.63) is 47.3 Å². The fourth-order valence-electron chi connectivity index (χ4n) is 3.11. The molecule has 0 saturated carbocycles. The summed E-state index contributed by atoms with van der Waals surface area (Å²) >= 11 is 0. The molecule has 1 saturated heterocycles. The SMILES string of the molecule is Cc1cccc(OC[C@@H]2CCCN(C(=O)Cc3cc(C)no3)C2)c1. The van der Waals surface area contributed by atoms with Crippen LogP contribution in [0, 0.1) is 19.8 Å². The third kappa shape index (κ3) is 4.37. The summed E-state index contributed by atoms with van der Waals surface area (Å²) in [5.74, 6) is 2.01. The van der Waals surface area contributed by atoms with Gasteiger partial charge >= 0.3 is 0 Å². The van der Waals surface area contributed by atoms with Crippen LogP contribution in [0.15, 0.2) is 34.9 Å². The number of amides is 1. The smallest absolute Gasteiger partial charge is 0.230 e. The number of rotatable bonds is 5. The van der Waals surface area contributed by atoms with Crippen molar-refractivity contribution in [3.8, 4) is 5.75 Å². The molecule has 1 amide bonds. The van der Waals surface area contributed by atoms with Crippen LogP contribution in [0.4, 0.5) is 0 Å². The second kappa shape index (κ2) is 7.51. The minimum atomic E-state index is 0.103. The normalized spacial score (nSPS) is 17.8. The Morgan fingerprint density at radius 1 is 1.38 bits per heavy atom. The molecule has 1 atom stereocenters. The molecule has 24 heavy (non-hydrogen) atoms. The molecule has 3 rings (SSSR count). The summed E-state index contributed by atoms with van der Waals surface area (Å²) in [7, 11) is 0. The van der Waals surface area contributed by atoms with E-state index in [4.69, 9.17) is 9.26 Å². The van der Waals surface area contributed by atoms with E-state index in [9.17, 15) is 4.79 Å². The molecular weight excluding hydrogens is 304 g/mol. The average molecular weight is 328 g/mol.